The number of aliphatic carboxylic acids is 2. The lowest BCUT2D eigenvalue weighted by Gasteiger charge is -2.07. The zero-order valence-corrected chi connectivity index (χ0v) is 12.2. The Kier molecular flexibility index (Phi) is 4.68. The lowest BCUT2D eigenvalue weighted by molar-refractivity contribution is -0.140. The van der Waals surface area contributed by atoms with Gasteiger partial charge in [0.25, 0.3) is 5.91 Å². The van der Waals surface area contributed by atoms with Crippen LogP contribution >= 0.6 is 11.6 Å². The largest absolute Gasteiger partial charge is 0.481 e. The fraction of sp³-hybridized carbons (Fsp3) is 0.357. The summed E-state index contributed by atoms with van der Waals surface area (Å²) >= 11 is 5.79. The highest BCUT2D eigenvalue weighted by Gasteiger charge is 2.59. The number of benzene rings is 1. The third kappa shape index (κ3) is 3.37. The minimum Gasteiger partial charge on any atom is -0.481 e. The Morgan fingerprint density at radius 2 is 2.00 bits per heavy atom. The van der Waals surface area contributed by atoms with Gasteiger partial charge in [-0.2, -0.15) is 0 Å². The number of halogens is 1. The van der Waals surface area contributed by atoms with Crippen molar-refractivity contribution in [2.24, 2.45) is 23.5 Å². The van der Waals surface area contributed by atoms with Gasteiger partial charge in [0.1, 0.15) is 6.04 Å². The zero-order valence-electron chi connectivity index (χ0n) is 11.4. The predicted octanol–water partition coefficient (Wildman–Crippen LogP) is 0.429. The summed E-state index contributed by atoms with van der Waals surface area (Å²) in [6.45, 7) is 0.0496. The van der Waals surface area contributed by atoms with Crippen LogP contribution in [0.2, 0.25) is 5.02 Å². The molecule has 1 amide bonds. The summed E-state index contributed by atoms with van der Waals surface area (Å²) in [6, 6.07) is 5.05. The maximum atomic E-state index is 12.0. The number of carbonyl (C=O) groups excluding carboxylic acids is 1. The van der Waals surface area contributed by atoms with Gasteiger partial charge >= 0.3 is 11.9 Å². The third-order valence-electron chi connectivity index (χ3n) is 3.80. The average molecular weight is 327 g/mol. The van der Waals surface area contributed by atoms with Gasteiger partial charge in [0, 0.05) is 23.0 Å². The molecule has 0 aliphatic heterocycles. The lowest BCUT2D eigenvalue weighted by atomic mass is 10.1. The monoisotopic (exact) mass is 326 g/mol. The molecule has 118 valence electrons. The molecule has 3 unspecified atom stereocenters. The van der Waals surface area contributed by atoms with Crippen LogP contribution in [0.4, 0.5) is 0 Å². The number of hydrogen-bond acceptors (Lipinski definition) is 4. The Labute approximate surface area is 131 Å². The van der Waals surface area contributed by atoms with Gasteiger partial charge in [-0.3, -0.25) is 14.4 Å². The molecule has 0 bridgehead atoms. The highest BCUT2D eigenvalue weighted by atomic mass is 35.5. The number of carbonyl (C=O) groups is 3. The molecule has 8 heteroatoms. The fourth-order valence-electron chi connectivity index (χ4n) is 2.61. The normalized spacial score (nSPS) is 24.4. The van der Waals surface area contributed by atoms with Crippen molar-refractivity contribution in [3.63, 3.8) is 0 Å². The maximum absolute atomic E-state index is 12.0. The first kappa shape index (κ1) is 16.3. The smallest absolute Gasteiger partial charge is 0.320 e. The van der Waals surface area contributed by atoms with E-state index in [4.69, 9.17) is 27.5 Å². The number of carboxylic acids is 2. The van der Waals surface area contributed by atoms with Crippen molar-refractivity contribution >= 4 is 29.4 Å². The highest BCUT2D eigenvalue weighted by Crippen LogP contribution is 2.47. The molecule has 1 fully saturated rings. The van der Waals surface area contributed by atoms with Crippen molar-refractivity contribution in [2.45, 2.75) is 6.04 Å². The molecule has 22 heavy (non-hydrogen) atoms. The van der Waals surface area contributed by atoms with Crippen molar-refractivity contribution in [3.05, 3.63) is 34.9 Å². The molecule has 0 heterocycles. The van der Waals surface area contributed by atoms with Crippen LogP contribution < -0.4 is 11.1 Å². The van der Waals surface area contributed by atoms with Gasteiger partial charge in [0.05, 0.1) is 5.92 Å². The van der Waals surface area contributed by atoms with E-state index in [1.54, 1.807) is 18.2 Å². The Bertz CT molecular complexity index is 621. The van der Waals surface area contributed by atoms with Gasteiger partial charge in [-0.05, 0) is 24.1 Å². The summed E-state index contributed by atoms with van der Waals surface area (Å²) in [5, 5.41) is 20.9. The van der Waals surface area contributed by atoms with Crippen LogP contribution in [-0.2, 0) is 9.59 Å². The van der Waals surface area contributed by atoms with E-state index in [9.17, 15) is 14.4 Å². The van der Waals surface area contributed by atoms with E-state index in [0.717, 1.165) is 0 Å². The number of amides is 1. The molecule has 0 radical (unpaired) electrons. The molecular formula is C14H15ClN2O5. The second kappa shape index (κ2) is 6.33. The number of nitrogens with two attached hydrogens (primary N) is 1. The van der Waals surface area contributed by atoms with E-state index >= 15 is 0 Å². The summed E-state index contributed by atoms with van der Waals surface area (Å²) in [6.07, 6.45) is 0. The van der Waals surface area contributed by atoms with Crippen molar-refractivity contribution in [2.75, 3.05) is 6.54 Å². The van der Waals surface area contributed by atoms with Gasteiger partial charge in [0.2, 0.25) is 0 Å². The van der Waals surface area contributed by atoms with Crippen molar-refractivity contribution in [3.8, 4) is 0 Å². The van der Waals surface area contributed by atoms with Gasteiger partial charge < -0.3 is 21.3 Å². The number of carboxylic acid groups (broad SMARTS) is 2. The summed E-state index contributed by atoms with van der Waals surface area (Å²) in [5.74, 6) is -4.79. The summed E-state index contributed by atoms with van der Waals surface area (Å²) < 4.78 is 0. The molecule has 1 aliphatic carbocycles. The second-order valence-corrected chi connectivity index (χ2v) is 5.63. The van der Waals surface area contributed by atoms with Crippen LogP contribution in [0.15, 0.2) is 24.3 Å². The second-order valence-electron chi connectivity index (χ2n) is 5.19. The Balaban J connectivity index is 1.97. The van der Waals surface area contributed by atoms with E-state index in [1.807, 2.05) is 0 Å². The van der Waals surface area contributed by atoms with Crippen LogP contribution in [0.5, 0.6) is 0 Å². The van der Waals surface area contributed by atoms with E-state index < -0.39 is 41.6 Å². The topological polar surface area (TPSA) is 130 Å². The molecule has 1 aromatic carbocycles. The first-order chi connectivity index (χ1) is 10.3. The Hall–Kier alpha value is -2.12. The van der Waals surface area contributed by atoms with E-state index in [2.05, 4.69) is 5.32 Å². The molecule has 7 nitrogen and oxygen atoms in total. The molecule has 1 aliphatic rings. The van der Waals surface area contributed by atoms with Crippen LogP contribution in [0.25, 0.3) is 0 Å². The minimum atomic E-state index is -1.26. The molecule has 2 rings (SSSR count). The Morgan fingerprint density at radius 1 is 1.32 bits per heavy atom. The molecule has 0 spiro atoms. The van der Waals surface area contributed by atoms with Crippen LogP contribution in [0.3, 0.4) is 0 Å². The van der Waals surface area contributed by atoms with Crippen molar-refractivity contribution in [1.29, 1.82) is 0 Å². The number of rotatable bonds is 6. The van der Waals surface area contributed by atoms with E-state index in [0.29, 0.717) is 10.6 Å². The summed E-state index contributed by atoms with van der Waals surface area (Å²) in [4.78, 5) is 33.9. The fourth-order valence-corrected chi connectivity index (χ4v) is 2.80. The van der Waals surface area contributed by atoms with Crippen molar-refractivity contribution < 1.29 is 24.6 Å². The third-order valence-corrected chi connectivity index (χ3v) is 4.03. The first-order valence-corrected chi connectivity index (χ1v) is 6.95. The average Bonchev–Trinajstić information content (AvgIpc) is 3.18. The molecule has 0 saturated heterocycles. The molecule has 0 aromatic heterocycles. The SMILES string of the molecule is N[C@H](C(=O)O)C1C(CNC(=O)c2cccc(Cl)c2)C1C(=O)O. The summed E-state index contributed by atoms with van der Waals surface area (Å²) in [7, 11) is 0. The van der Waals surface area contributed by atoms with E-state index in [1.165, 1.54) is 6.07 Å². The lowest BCUT2D eigenvalue weighted by Crippen LogP contribution is -2.35. The van der Waals surface area contributed by atoms with Gasteiger partial charge in [-0.25, -0.2) is 0 Å². The number of nitrogens with one attached hydrogen (secondary N) is 1. The molecule has 4 atom stereocenters. The Morgan fingerprint density at radius 3 is 2.55 bits per heavy atom. The van der Waals surface area contributed by atoms with Crippen LogP contribution in [0.1, 0.15) is 10.4 Å². The predicted molar refractivity (Wildman–Crippen MR) is 77.5 cm³/mol. The van der Waals surface area contributed by atoms with Crippen molar-refractivity contribution in [1.82, 2.24) is 5.32 Å². The van der Waals surface area contributed by atoms with Gasteiger partial charge in [-0.15, -0.1) is 0 Å². The van der Waals surface area contributed by atoms with Gasteiger partial charge in [0.15, 0.2) is 0 Å². The minimum absolute atomic E-state index is 0.0496. The standard InChI is InChI=1S/C14H15ClN2O5/c15-7-3-1-2-6(4-7)12(18)17-5-8-9(10(8)13(19)20)11(16)14(21)22/h1-4,8-11H,5,16H2,(H,17,18)(H,19,20)(H,21,22)/t8?,9?,10?,11-/m0/s1. The number of hydrogen-bond donors (Lipinski definition) is 4. The zero-order chi connectivity index (χ0) is 16.4. The molecule has 1 saturated carbocycles. The molecular weight excluding hydrogens is 312 g/mol. The first-order valence-electron chi connectivity index (χ1n) is 6.58. The van der Waals surface area contributed by atoms with E-state index in [-0.39, 0.29) is 6.54 Å². The van der Waals surface area contributed by atoms with Crippen LogP contribution in [0, 0.1) is 17.8 Å². The quantitative estimate of drug-likeness (QED) is 0.599. The molecule has 1 aromatic rings. The maximum Gasteiger partial charge on any atom is 0.320 e. The highest BCUT2D eigenvalue weighted by molar-refractivity contribution is 6.30. The molecule has 5 N–H and O–H groups in total. The summed E-state index contributed by atoms with van der Waals surface area (Å²) in [5.41, 5.74) is 5.83. The van der Waals surface area contributed by atoms with Crippen LogP contribution in [-0.4, -0.2) is 40.6 Å². The van der Waals surface area contributed by atoms with Gasteiger partial charge in [-0.1, -0.05) is 17.7 Å².